The molecular formula is C22H23N3O3. The summed E-state index contributed by atoms with van der Waals surface area (Å²) >= 11 is 0. The van der Waals surface area contributed by atoms with E-state index in [2.05, 4.69) is 5.32 Å². The highest BCUT2D eigenvalue weighted by Crippen LogP contribution is 2.28. The number of anilines is 1. The molecule has 2 aromatic rings. The Balaban J connectivity index is 2.39. The smallest absolute Gasteiger partial charge is 0.273 e. The third-order valence-electron chi connectivity index (χ3n) is 4.46. The van der Waals surface area contributed by atoms with Gasteiger partial charge in [0.1, 0.15) is 11.6 Å². The van der Waals surface area contributed by atoms with Crippen molar-refractivity contribution in [3.63, 3.8) is 0 Å². The van der Waals surface area contributed by atoms with Crippen LogP contribution in [-0.2, 0) is 4.79 Å². The summed E-state index contributed by atoms with van der Waals surface area (Å²) in [7, 11) is 0. The molecule has 0 aromatic heterocycles. The Kier molecular flexibility index (Phi) is 6.32. The van der Waals surface area contributed by atoms with E-state index in [1.807, 2.05) is 52.8 Å². The van der Waals surface area contributed by atoms with Gasteiger partial charge in [-0.05, 0) is 49.5 Å². The van der Waals surface area contributed by atoms with Crippen molar-refractivity contribution in [1.29, 1.82) is 5.26 Å². The molecule has 0 aliphatic carbocycles. The van der Waals surface area contributed by atoms with E-state index >= 15 is 0 Å². The van der Waals surface area contributed by atoms with Gasteiger partial charge in [0.25, 0.3) is 11.6 Å². The molecule has 0 saturated carbocycles. The predicted octanol–water partition coefficient (Wildman–Crippen LogP) is 5.19. The normalized spacial score (nSPS) is 11.2. The fraction of sp³-hybridized carbons (Fsp3) is 0.273. The molecule has 1 amide bonds. The molecule has 28 heavy (non-hydrogen) atoms. The van der Waals surface area contributed by atoms with E-state index in [-0.39, 0.29) is 17.2 Å². The Labute approximate surface area is 164 Å². The number of amides is 1. The summed E-state index contributed by atoms with van der Waals surface area (Å²) < 4.78 is 0. The maximum Gasteiger partial charge on any atom is 0.273 e. The molecule has 0 atom stereocenters. The summed E-state index contributed by atoms with van der Waals surface area (Å²) in [4.78, 5) is 23.5. The van der Waals surface area contributed by atoms with Crippen LogP contribution in [0.1, 0.15) is 47.6 Å². The van der Waals surface area contributed by atoms with E-state index in [9.17, 15) is 20.2 Å². The van der Waals surface area contributed by atoms with Crippen LogP contribution in [0.15, 0.2) is 35.9 Å². The number of nitrogens with one attached hydrogen (secondary N) is 1. The number of benzene rings is 2. The standard InChI is InChI=1S/C22H23N3O3/c1-13(2)19-7-6-17(11-20(19)25(27)28)10-18(12-23)22(26)24-21-15(4)8-14(3)9-16(21)5/h6-11,13H,1-5H3,(H,24,26)/b18-10+. The monoisotopic (exact) mass is 377 g/mol. The lowest BCUT2D eigenvalue weighted by atomic mass is 9.98. The summed E-state index contributed by atoms with van der Waals surface area (Å²) in [5, 5.41) is 23.6. The Morgan fingerprint density at radius 1 is 1.18 bits per heavy atom. The third kappa shape index (κ3) is 4.63. The number of carbonyl (C=O) groups is 1. The first-order valence-electron chi connectivity index (χ1n) is 8.93. The second-order valence-corrected chi connectivity index (χ2v) is 7.13. The van der Waals surface area contributed by atoms with Crippen LogP contribution in [0.4, 0.5) is 11.4 Å². The molecular weight excluding hydrogens is 354 g/mol. The van der Waals surface area contributed by atoms with Crippen molar-refractivity contribution >= 4 is 23.4 Å². The molecule has 0 aliphatic rings. The molecule has 6 nitrogen and oxygen atoms in total. The number of rotatable bonds is 5. The van der Waals surface area contributed by atoms with Crippen LogP contribution in [0, 0.1) is 42.2 Å². The van der Waals surface area contributed by atoms with Crippen molar-refractivity contribution in [2.75, 3.05) is 5.32 Å². The highest BCUT2D eigenvalue weighted by molar-refractivity contribution is 6.10. The summed E-state index contributed by atoms with van der Waals surface area (Å²) in [6.07, 6.45) is 1.37. The number of hydrogen-bond donors (Lipinski definition) is 1. The van der Waals surface area contributed by atoms with Gasteiger partial charge in [-0.3, -0.25) is 14.9 Å². The minimum atomic E-state index is -0.548. The average Bonchev–Trinajstić information content (AvgIpc) is 2.62. The number of hydrogen-bond acceptors (Lipinski definition) is 4. The summed E-state index contributed by atoms with van der Waals surface area (Å²) in [5.74, 6) is -0.558. The van der Waals surface area contributed by atoms with Gasteiger partial charge in [-0.25, -0.2) is 0 Å². The van der Waals surface area contributed by atoms with E-state index < -0.39 is 10.8 Å². The highest BCUT2D eigenvalue weighted by Gasteiger charge is 2.18. The van der Waals surface area contributed by atoms with Crippen LogP contribution in [-0.4, -0.2) is 10.8 Å². The van der Waals surface area contributed by atoms with Crippen LogP contribution >= 0.6 is 0 Å². The molecule has 144 valence electrons. The molecule has 0 unspecified atom stereocenters. The van der Waals surface area contributed by atoms with Crippen LogP contribution in [0.3, 0.4) is 0 Å². The number of carbonyl (C=O) groups excluding carboxylic acids is 1. The van der Waals surface area contributed by atoms with Crippen LogP contribution in [0.25, 0.3) is 6.08 Å². The Hall–Kier alpha value is -3.46. The fourth-order valence-electron chi connectivity index (χ4n) is 3.17. The molecule has 0 fully saturated rings. The van der Waals surface area contributed by atoms with Crippen LogP contribution in [0.2, 0.25) is 0 Å². The minimum Gasteiger partial charge on any atom is -0.321 e. The summed E-state index contributed by atoms with van der Waals surface area (Å²) in [6, 6.07) is 10.5. The van der Waals surface area contributed by atoms with Crippen molar-refractivity contribution in [1.82, 2.24) is 0 Å². The first kappa shape index (κ1) is 20.8. The zero-order chi connectivity index (χ0) is 21.0. The summed E-state index contributed by atoms with van der Waals surface area (Å²) in [5.41, 5.74) is 4.45. The average molecular weight is 377 g/mol. The molecule has 6 heteroatoms. The Morgan fingerprint density at radius 2 is 1.79 bits per heavy atom. The Morgan fingerprint density at radius 3 is 2.29 bits per heavy atom. The minimum absolute atomic E-state index is 0.00958. The number of aryl methyl sites for hydroxylation is 3. The van der Waals surface area contributed by atoms with Crippen molar-refractivity contribution in [2.24, 2.45) is 0 Å². The maximum atomic E-state index is 12.6. The van der Waals surface area contributed by atoms with E-state index in [0.29, 0.717) is 16.8 Å². The van der Waals surface area contributed by atoms with E-state index in [4.69, 9.17) is 0 Å². The highest BCUT2D eigenvalue weighted by atomic mass is 16.6. The van der Waals surface area contributed by atoms with Crippen molar-refractivity contribution in [2.45, 2.75) is 40.5 Å². The molecule has 1 N–H and O–H groups in total. The van der Waals surface area contributed by atoms with E-state index in [1.165, 1.54) is 12.1 Å². The third-order valence-corrected chi connectivity index (χ3v) is 4.46. The van der Waals surface area contributed by atoms with Gasteiger partial charge in [0.05, 0.1) is 4.92 Å². The van der Waals surface area contributed by atoms with Gasteiger partial charge in [0, 0.05) is 17.3 Å². The quantitative estimate of drug-likeness (QED) is 0.336. The largest absolute Gasteiger partial charge is 0.321 e. The fourth-order valence-corrected chi connectivity index (χ4v) is 3.17. The van der Waals surface area contributed by atoms with E-state index in [1.54, 1.807) is 12.1 Å². The van der Waals surface area contributed by atoms with Gasteiger partial charge >= 0.3 is 0 Å². The van der Waals surface area contributed by atoms with Crippen molar-refractivity contribution in [3.8, 4) is 6.07 Å². The SMILES string of the molecule is Cc1cc(C)c(NC(=O)/C(C#N)=C/c2ccc(C(C)C)c([N+](=O)[O-])c2)c(C)c1. The zero-order valence-corrected chi connectivity index (χ0v) is 16.7. The molecule has 2 rings (SSSR count). The number of nitro benzene ring substituents is 1. The number of nitrogens with zero attached hydrogens (tertiary/aromatic N) is 2. The van der Waals surface area contributed by atoms with Crippen LogP contribution in [0.5, 0.6) is 0 Å². The van der Waals surface area contributed by atoms with Crippen LogP contribution < -0.4 is 5.32 Å². The first-order chi connectivity index (χ1) is 13.1. The molecule has 0 radical (unpaired) electrons. The molecule has 0 saturated heterocycles. The second-order valence-electron chi connectivity index (χ2n) is 7.13. The Bertz CT molecular complexity index is 991. The van der Waals surface area contributed by atoms with E-state index in [0.717, 1.165) is 16.7 Å². The zero-order valence-electron chi connectivity index (χ0n) is 16.7. The molecule has 0 aliphatic heterocycles. The summed E-state index contributed by atoms with van der Waals surface area (Å²) in [6.45, 7) is 9.50. The molecule has 0 bridgehead atoms. The van der Waals surface area contributed by atoms with Gasteiger partial charge in [-0.15, -0.1) is 0 Å². The molecule has 0 spiro atoms. The lowest BCUT2D eigenvalue weighted by Gasteiger charge is -2.12. The lowest BCUT2D eigenvalue weighted by molar-refractivity contribution is -0.385. The van der Waals surface area contributed by atoms with Gasteiger partial charge in [0.15, 0.2) is 0 Å². The van der Waals surface area contributed by atoms with Crippen molar-refractivity contribution in [3.05, 3.63) is 73.8 Å². The van der Waals surface area contributed by atoms with Gasteiger partial charge in [-0.2, -0.15) is 5.26 Å². The molecule has 0 heterocycles. The second kappa shape index (κ2) is 8.49. The van der Waals surface area contributed by atoms with Gasteiger partial charge in [-0.1, -0.05) is 43.7 Å². The number of nitro groups is 1. The lowest BCUT2D eigenvalue weighted by Crippen LogP contribution is -2.15. The topological polar surface area (TPSA) is 96.0 Å². The van der Waals surface area contributed by atoms with Gasteiger partial charge in [0.2, 0.25) is 0 Å². The first-order valence-corrected chi connectivity index (χ1v) is 8.93. The maximum absolute atomic E-state index is 12.6. The predicted molar refractivity (Wildman–Crippen MR) is 110 cm³/mol. The molecule has 2 aromatic carbocycles. The number of nitriles is 1. The van der Waals surface area contributed by atoms with Gasteiger partial charge < -0.3 is 5.32 Å². The van der Waals surface area contributed by atoms with Crippen molar-refractivity contribution < 1.29 is 9.72 Å².